The number of carbonyl (C=O) groups is 1. The first-order valence-corrected chi connectivity index (χ1v) is 9.78. The molecule has 7 heteroatoms. The van der Waals surface area contributed by atoms with Crippen LogP contribution in [0.25, 0.3) is 11.0 Å². The van der Waals surface area contributed by atoms with Crippen molar-refractivity contribution in [2.24, 2.45) is 0 Å². The number of amides is 1. The Kier molecular flexibility index (Phi) is 5.61. The van der Waals surface area contributed by atoms with Crippen LogP contribution >= 0.6 is 0 Å². The number of nitrogens with zero attached hydrogens (tertiary/aromatic N) is 3. The monoisotopic (exact) mass is 401 g/mol. The number of hydrogen-bond acceptors (Lipinski definition) is 5. The lowest BCUT2D eigenvalue weighted by atomic mass is 10.2. The molecule has 0 saturated carbocycles. The molecule has 2 heterocycles. The SMILES string of the molecule is CCn1c(CNC(=O)c2cccnc2Nc2ccccc2OC)nc2ccccc21. The predicted octanol–water partition coefficient (Wildman–Crippen LogP) is 4.13. The van der Waals surface area contributed by atoms with Crippen LogP contribution < -0.4 is 15.4 Å². The maximum atomic E-state index is 12.9. The van der Waals surface area contributed by atoms with Gasteiger partial charge in [0.2, 0.25) is 0 Å². The van der Waals surface area contributed by atoms with Crippen LogP contribution in [0.3, 0.4) is 0 Å². The number of anilines is 2. The summed E-state index contributed by atoms with van der Waals surface area (Å²) < 4.78 is 7.48. The molecule has 0 aliphatic carbocycles. The van der Waals surface area contributed by atoms with Gasteiger partial charge in [-0.3, -0.25) is 4.79 Å². The number of ether oxygens (including phenoxy) is 1. The van der Waals surface area contributed by atoms with Gasteiger partial charge in [-0.1, -0.05) is 24.3 Å². The van der Waals surface area contributed by atoms with Crippen molar-refractivity contribution in [1.82, 2.24) is 19.9 Å². The van der Waals surface area contributed by atoms with Gasteiger partial charge in [0.05, 0.1) is 35.9 Å². The zero-order valence-corrected chi connectivity index (χ0v) is 16.9. The summed E-state index contributed by atoms with van der Waals surface area (Å²) >= 11 is 0. The van der Waals surface area contributed by atoms with E-state index < -0.39 is 0 Å². The molecule has 152 valence electrons. The molecule has 0 saturated heterocycles. The van der Waals surface area contributed by atoms with E-state index in [9.17, 15) is 4.79 Å². The fourth-order valence-corrected chi connectivity index (χ4v) is 3.43. The van der Waals surface area contributed by atoms with Gasteiger partial charge in [-0.2, -0.15) is 0 Å². The first kappa shape index (κ1) is 19.4. The van der Waals surface area contributed by atoms with Crippen LogP contribution in [0.15, 0.2) is 66.9 Å². The minimum absolute atomic E-state index is 0.227. The normalized spacial score (nSPS) is 10.7. The van der Waals surface area contributed by atoms with Crippen LogP contribution in [-0.2, 0) is 13.1 Å². The van der Waals surface area contributed by atoms with Crippen molar-refractivity contribution in [3.05, 3.63) is 78.2 Å². The van der Waals surface area contributed by atoms with Gasteiger partial charge in [0.25, 0.3) is 5.91 Å². The third-order valence-electron chi connectivity index (χ3n) is 4.87. The van der Waals surface area contributed by atoms with E-state index in [4.69, 9.17) is 4.74 Å². The summed E-state index contributed by atoms with van der Waals surface area (Å²) in [5.41, 5.74) is 3.16. The number of carbonyl (C=O) groups excluding carboxylic acids is 1. The minimum atomic E-state index is -0.227. The number of para-hydroxylation sites is 4. The number of pyridine rings is 1. The smallest absolute Gasteiger partial charge is 0.255 e. The first-order chi connectivity index (χ1) is 14.7. The molecule has 4 rings (SSSR count). The highest BCUT2D eigenvalue weighted by Crippen LogP contribution is 2.27. The van der Waals surface area contributed by atoms with Crippen molar-refractivity contribution >= 4 is 28.4 Å². The Balaban J connectivity index is 1.55. The zero-order chi connectivity index (χ0) is 20.9. The van der Waals surface area contributed by atoms with Gasteiger partial charge in [0, 0.05) is 12.7 Å². The number of methoxy groups -OCH3 is 1. The highest BCUT2D eigenvalue weighted by Gasteiger charge is 2.15. The number of fused-ring (bicyclic) bond motifs is 1. The molecule has 0 bridgehead atoms. The number of aromatic nitrogens is 3. The Hall–Kier alpha value is -3.87. The van der Waals surface area contributed by atoms with Crippen molar-refractivity contribution in [3.8, 4) is 5.75 Å². The molecule has 0 fully saturated rings. The largest absolute Gasteiger partial charge is 0.495 e. The number of nitrogens with one attached hydrogen (secondary N) is 2. The molecular formula is C23H23N5O2. The molecule has 4 aromatic rings. The lowest BCUT2D eigenvalue weighted by molar-refractivity contribution is 0.0950. The number of aryl methyl sites for hydroxylation is 1. The Morgan fingerprint density at radius 2 is 1.87 bits per heavy atom. The molecule has 30 heavy (non-hydrogen) atoms. The summed E-state index contributed by atoms with van der Waals surface area (Å²) in [5, 5.41) is 6.17. The zero-order valence-electron chi connectivity index (χ0n) is 16.9. The Labute approximate surface area is 174 Å². The van der Waals surface area contributed by atoms with Gasteiger partial charge in [-0.25, -0.2) is 9.97 Å². The van der Waals surface area contributed by atoms with E-state index in [2.05, 4.69) is 32.1 Å². The highest BCUT2D eigenvalue weighted by molar-refractivity contribution is 5.99. The van der Waals surface area contributed by atoms with Crippen LogP contribution in [0.4, 0.5) is 11.5 Å². The van der Waals surface area contributed by atoms with Gasteiger partial charge < -0.3 is 19.9 Å². The van der Waals surface area contributed by atoms with Crippen molar-refractivity contribution in [1.29, 1.82) is 0 Å². The van der Waals surface area contributed by atoms with Gasteiger partial charge in [-0.05, 0) is 43.3 Å². The molecule has 2 N–H and O–H groups in total. The molecule has 0 unspecified atom stereocenters. The fraction of sp³-hybridized carbons (Fsp3) is 0.174. The van der Waals surface area contributed by atoms with E-state index in [1.54, 1.807) is 25.4 Å². The Morgan fingerprint density at radius 3 is 2.70 bits per heavy atom. The molecule has 2 aromatic carbocycles. The lowest BCUT2D eigenvalue weighted by Crippen LogP contribution is -2.25. The lowest BCUT2D eigenvalue weighted by Gasteiger charge is -2.13. The molecule has 0 atom stereocenters. The maximum absolute atomic E-state index is 12.9. The third kappa shape index (κ3) is 3.82. The summed E-state index contributed by atoms with van der Waals surface area (Å²) in [4.78, 5) is 21.9. The molecule has 1 amide bonds. The van der Waals surface area contributed by atoms with E-state index in [1.165, 1.54) is 0 Å². The third-order valence-corrected chi connectivity index (χ3v) is 4.87. The molecule has 0 spiro atoms. The van der Waals surface area contributed by atoms with Crippen LogP contribution in [0, 0.1) is 0 Å². The van der Waals surface area contributed by atoms with Crippen LogP contribution in [0.5, 0.6) is 5.75 Å². The molecular weight excluding hydrogens is 378 g/mol. The average Bonchev–Trinajstić information content (AvgIpc) is 3.15. The highest BCUT2D eigenvalue weighted by atomic mass is 16.5. The van der Waals surface area contributed by atoms with Gasteiger partial charge in [0.15, 0.2) is 0 Å². The van der Waals surface area contributed by atoms with E-state index in [-0.39, 0.29) is 5.91 Å². The van der Waals surface area contributed by atoms with E-state index in [0.29, 0.717) is 23.7 Å². The van der Waals surface area contributed by atoms with Crippen LogP contribution in [0.1, 0.15) is 23.1 Å². The number of rotatable bonds is 7. The van der Waals surface area contributed by atoms with Crippen molar-refractivity contribution in [2.45, 2.75) is 20.0 Å². The predicted molar refractivity (Wildman–Crippen MR) is 117 cm³/mol. The second kappa shape index (κ2) is 8.65. The van der Waals surface area contributed by atoms with Gasteiger partial charge >= 0.3 is 0 Å². The van der Waals surface area contributed by atoms with Crippen molar-refractivity contribution in [3.63, 3.8) is 0 Å². The summed E-state index contributed by atoms with van der Waals surface area (Å²) in [5.74, 6) is 1.72. The molecule has 7 nitrogen and oxygen atoms in total. The second-order valence-corrected chi connectivity index (χ2v) is 6.67. The number of benzene rings is 2. The van der Waals surface area contributed by atoms with Crippen molar-refractivity contribution in [2.75, 3.05) is 12.4 Å². The Bertz CT molecular complexity index is 1190. The van der Waals surface area contributed by atoms with Crippen molar-refractivity contribution < 1.29 is 9.53 Å². The summed E-state index contributed by atoms with van der Waals surface area (Å²) in [7, 11) is 1.60. The van der Waals surface area contributed by atoms with E-state index in [0.717, 1.165) is 29.1 Å². The summed E-state index contributed by atoms with van der Waals surface area (Å²) in [6.45, 7) is 3.17. The van der Waals surface area contributed by atoms with Crippen LogP contribution in [-0.4, -0.2) is 27.6 Å². The van der Waals surface area contributed by atoms with E-state index >= 15 is 0 Å². The Morgan fingerprint density at radius 1 is 1.07 bits per heavy atom. The standard InChI is InChI=1S/C23H23N5O2/c1-3-28-19-12-6-4-10-17(19)26-21(28)15-25-23(29)16-9-8-14-24-22(16)27-18-11-5-7-13-20(18)30-2/h4-14H,3,15H2,1-2H3,(H,24,27)(H,25,29). The first-order valence-electron chi connectivity index (χ1n) is 9.78. The minimum Gasteiger partial charge on any atom is -0.495 e. The van der Waals surface area contributed by atoms with Gasteiger partial charge in [-0.15, -0.1) is 0 Å². The summed E-state index contributed by atoms with van der Waals surface area (Å²) in [6.07, 6.45) is 1.64. The molecule has 0 aliphatic rings. The number of hydrogen-bond donors (Lipinski definition) is 2. The van der Waals surface area contributed by atoms with Crippen LogP contribution in [0.2, 0.25) is 0 Å². The molecule has 0 aliphatic heterocycles. The maximum Gasteiger partial charge on any atom is 0.255 e. The fourth-order valence-electron chi connectivity index (χ4n) is 3.43. The summed E-state index contributed by atoms with van der Waals surface area (Å²) in [6, 6.07) is 18.9. The topological polar surface area (TPSA) is 81.1 Å². The van der Waals surface area contributed by atoms with E-state index in [1.807, 2.05) is 48.5 Å². The quantitative estimate of drug-likeness (QED) is 0.487. The molecule has 2 aromatic heterocycles. The van der Waals surface area contributed by atoms with Gasteiger partial charge in [0.1, 0.15) is 17.4 Å². The number of imidazole rings is 1. The second-order valence-electron chi connectivity index (χ2n) is 6.67. The molecule has 0 radical (unpaired) electrons. The average molecular weight is 401 g/mol.